The van der Waals surface area contributed by atoms with Crippen molar-refractivity contribution in [1.82, 2.24) is 0 Å². The quantitative estimate of drug-likeness (QED) is 0.140. The van der Waals surface area contributed by atoms with Crippen molar-refractivity contribution < 1.29 is 22.5 Å². The molecule has 0 saturated heterocycles. The van der Waals surface area contributed by atoms with Gasteiger partial charge in [-0.05, 0) is 84.1 Å². The number of hydrogen-bond acceptors (Lipinski definition) is 6. The molecular formula is C24H49NO5Si4. The number of nitrogens with zero attached hydrogens (tertiary/aromatic N) is 1. The van der Waals surface area contributed by atoms with Gasteiger partial charge in [0.15, 0.2) is 33.3 Å². The van der Waals surface area contributed by atoms with Crippen LogP contribution in [0.3, 0.4) is 0 Å². The molecule has 6 nitrogen and oxygen atoms in total. The van der Waals surface area contributed by atoms with E-state index in [2.05, 4.69) is 83.7 Å². The lowest BCUT2D eigenvalue weighted by Gasteiger charge is -2.41. The minimum Gasteiger partial charge on any atom is -0.415 e. The summed E-state index contributed by atoms with van der Waals surface area (Å²) < 4.78 is 26.4. The summed E-state index contributed by atoms with van der Waals surface area (Å²) in [5, 5.41) is 4.32. The van der Waals surface area contributed by atoms with E-state index in [1.807, 2.05) is 30.3 Å². The highest BCUT2D eigenvalue weighted by Gasteiger charge is 2.40. The minimum absolute atomic E-state index is 0.243. The van der Waals surface area contributed by atoms with Gasteiger partial charge in [0.2, 0.25) is 0 Å². The van der Waals surface area contributed by atoms with Gasteiger partial charge in [-0.3, -0.25) is 0 Å². The molecule has 0 aliphatic carbocycles. The van der Waals surface area contributed by atoms with Crippen molar-refractivity contribution in [1.29, 1.82) is 0 Å². The van der Waals surface area contributed by atoms with E-state index in [0.29, 0.717) is 13.2 Å². The Morgan fingerprint density at radius 1 is 0.706 bits per heavy atom. The van der Waals surface area contributed by atoms with Crippen molar-refractivity contribution >= 4 is 39.5 Å². The molecule has 0 radical (unpaired) electrons. The van der Waals surface area contributed by atoms with Gasteiger partial charge in [-0.2, -0.15) is 0 Å². The summed E-state index contributed by atoms with van der Waals surface area (Å²) in [6.07, 6.45) is 0.805. The number of rotatable bonds is 15. The van der Waals surface area contributed by atoms with Crippen molar-refractivity contribution in [3.63, 3.8) is 0 Å². The van der Waals surface area contributed by atoms with Crippen molar-refractivity contribution in [3.05, 3.63) is 35.9 Å². The zero-order chi connectivity index (χ0) is 26.2. The Hall–Kier alpha value is -0.602. The third-order valence-corrected chi connectivity index (χ3v) is 8.21. The second kappa shape index (κ2) is 13.1. The van der Waals surface area contributed by atoms with Gasteiger partial charge in [-0.1, -0.05) is 35.5 Å². The number of oxime groups is 1. The highest BCUT2D eigenvalue weighted by Crippen LogP contribution is 2.24. The molecule has 1 aromatic carbocycles. The molecule has 0 spiro atoms. The Kier molecular flexibility index (Phi) is 12.1. The fourth-order valence-corrected chi connectivity index (χ4v) is 7.01. The van der Waals surface area contributed by atoms with Crippen molar-refractivity contribution in [2.75, 3.05) is 6.61 Å². The molecule has 0 heterocycles. The summed E-state index contributed by atoms with van der Waals surface area (Å²) in [6, 6.07) is 10.0. The van der Waals surface area contributed by atoms with Gasteiger partial charge in [-0.15, -0.1) is 0 Å². The van der Waals surface area contributed by atoms with Gasteiger partial charge in [-0.25, -0.2) is 0 Å². The van der Waals surface area contributed by atoms with E-state index in [0.717, 1.165) is 5.56 Å². The smallest absolute Gasteiger partial charge is 0.184 e. The highest BCUT2D eigenvalue weighted by atomic mass is 28.4. The number of benzene rings is 1. The molecule has 34 heavy (non-hydrogen) atoms. The van der Waals surface area contributed by atoms with Crippen LogP contribution < -0.4 is 0 Å². The molecule has 0 aliphatic heterocycles. The van der Waals surface area contributed by atoms with Crippen LogP contribution in [0.15, 0.2) is 35.5 Å². The van der Waals surface area contributed by atoms with Crippen LogP contribution in [0.4, 0.5) is 0 Å². The van der Waals surface area contributed by atoms with Gasteiger partial charge in [0, 0.05) is 0 Å². The Balaban J connectivity index is 3.26. The van der Waals surface area contributed by atoms with E-state index in [1.54, 1.807) is 6.21 Å². The Morgan fingerprint density at radius 3 is 1.71 bits per heavy atom. The van der Waals surface area contributed by atoms with Crippen LogP contribution in [0, 0.1) is 0 Å². The first kappa shape index (κ1) is 31.4. The van der Waals surface area contributed by atoms with Crippen molar-refractivity contribution in [2.24, 2.45) is 5.16 Å². The number of hydrogen-bond donors (Lipinski definition) is 0. The fourth-order valence-electron chi connectivity index (χ4n) is 3.12. The van der Waals surface area contributed by atoms with E-state index >= 15 is 0 Å². The summed E-state index contributed by atoms with van der Waals surface area (Å²) in [7, 11) is -7.52. The molecule has 3 unspecified atom stereocenters. The maximum Gasteiger partial charge on any atom is 0.184 e. The van der Waals surface area contributed by atoms with Crippen molar-refractivity contribution in [3.8, 4) is 0 Å². The molecule has 0 aliphatic rings. The lowest BCUT2D eigenvalue weighted by molar-refractivity contribution is -0.0285. The van der Waals surface area contributed by atoms with Gasteiger partial charge < -0.3 is 22.5 Å². The zero-order valence-electron chi connectivity index (χ0n) is 23.6. The molecule has 0 fully saturated rings. The van der Waals surface area contributed by atoms with E-state index in [9.17, 15) is 0 Å². The monoisotopic (exact) mass is 543 g/mol. The average Bonchev–Trinajstić information content (AvgIpc) is 2.63. The molecule has 0 saturated carbocycles. The van der Waals surface area contributed by atoms with Crippen molar-refractivity contribution in [2.45, 2.75) is 103 Å². The summed E-state index contributed by atoms with van der Waals surface area (Å²) >= 11 is 0. The van der Waals surface area contributed by atoms with Crippen LogP contribution in [0.25, 0.3) is 0 Å². The predicted molar refractivity (Wildman–Crippen MR) is 154 cm³/mol. The normalized spacial score (nSPS) is 16.5. The molecule has 196 valence electrons. The van der Waals surface area contributed by atoms with Gasteiger partial charge in [0.25, 0.3) is 0 Å². The SMILES string of the molecule is C[Si](C)(C)OCC(O[Si](C)(C)C)C(O[Si](C)(C)C)C(/C=N\OCc1ccccc1)O[Si](C)(C)C. The highest BCUT2D eigenvalue weighted by molar-refractivity contribution is 6.71. The van der Waals surface area contributed by atoms with Crippen LogP contribution in [-0.2, 0) is 29.1 Å². The Morgan fingerprint density at radius 2 is 1.24 bits per heavy atom. The summed E-state index contributed by atoms with van der Waals surface area (Å²) in [5.74, 6) is 0. The lowest BCUT2D eigenvalue weighted by atomic mass is 10.1. The van der Waals surface area contributed by atoms with Gasteiger partial charge in [0.1, 0.15) is 18.8 Å². The third kappa shape index (κ3) is 15.4. The van der Waals surface area contributed by atoms with E-state index in [-0.39, 0.29) is 18.3 Å². The Labute approximate surface area is 212 Å². The topological polar surface area (TPSA) is 58.5 Å². The van der Waals surface area contributed by atoms with Crippen LogP contribution in [0.2, 0.25) is 78.6 Å². The molecule has 10 heteroatoms. The van der Waals surface area contributed by atoms with Gasteiger partial charge >= 0.3 is 0 Å². The minimum atomic E-state index is -1.95. The maximum atomic E-state index is 6.76. The molecule has 0 N–H and O–H groups in total. The van der Waals surface area contributed by atoms with Crippen LogP contribution >= 0.6 is 0 Å². The zero-order valence-corrected chi connectivity index (χ0v) is 27.6. The first-order chi connectivity index (χ1) is 15.3. The predicted octanol–water partition coefficient (Wildman–Crippen LogP) is 6.70. The first-order valence-corrected chi connectivity index (χ1v) is 25.8. The third-order valence-electron chi connectivity index (χ3n) is 4.21. The summed E-state index contributed by atoms with van der Waals surface area (Å²) in [6.45, 7) is 27.2. The lowest BCUT2D eigenvalue weighted by Crippen LogP contribution is -2.55. The second-order valence-electron chi connectivity index (χ2n) is 12.6. The van der Waals surface area contributed by atoms with Crippen LogP contribution in [-0.4, -0.2) is 64.4 Å². The van der Waals surface area contributed by atoms with E-state index in [1.165, 1.54) is 0 Å². The molecule has 1 aromatic rings. The molecular weight excluding hydrogens is 495 g/mol. The van der Waals surface area contributed by atoms with Crippen LogP contribution in [0.1, 0.15) is 5.56 Å². The standard InChI is InChI=1S/C24H49NO5Si4/c1-31(2,3)27-20-23(29-33(7,8)9)24(30-34(10,11)12)22(28-32(4,5)6)18-25-26-19-21-16-14-13-15-17-21/h13-18,22-24H,19-20H2,1-12H3/b25-18-. The van der Waals surface area contributed by atoms with Crippen LogP contribution in [0.5, 0.6) is 0 Å². The Bertz CT molecular complexity index is 737. The van der Waals surface area contributed by atoms with E-state index in [4.69, 9.17) is 22.5 Å². The van der Waals surface area contributed by atoms with E-state index < -0.39 is 33.3 Å². The fraction of sp³-hybridized carbons (Fsp3) is 0.708. The molecule has 0 aromatic heterocycles. The summed E-state index contributed by atoms with van der Waals surface area (Å²) in [5.41, 5.74) is 1.07. The summed E-state index contributed by atoms with van der Waals surface area (Å²) in [4.78, 5) is 5.64. The average molecular weight is 544 g/mol. The molecule has 0 bridgehead atoms. The molecule has 0 amide bonds. The maximum absolute atomic E-state index is 6.76. The van der Waals surface area contributed by atoms with Gasteiger partial charge in [0.05, 0.1) is 18.9 Å². The molecule has 1 rings (SSSR count). The largest absolute Gasteiger partial charge is 0.415 e. The second-order valence-corrected chi connectivity index (χ2v) is 30.5. The first-order valence-electron chi connectivity index (χ1n) is 12.2. The molecule has 3 atom stereocenters.